The molecule has 0 spiro atoms. The molecule has 2 aromatic rings. The highest BCUT2D eigenvalue weighted by Gasteiger charge is 2.10. The largest absolute Gasteiger partial charge is 0.465 e. The third-order valence-electron chi connectivity index (χ3n) is 2.42. The molecule has 1 aromatic heterocycles. The number of methoxy groups -OCH3 is 1. The summed E-state index contributed by atoms with van der Waals surface area (Å²) < 4.78 is 10.2. The highest BCUT2D eigenvalue weighted by Crippen LogP contribution is 2.18. The summed E-state index contributed by atoms with van der Waals surface area (Å²) in [5, 5.41) is 0. The number of carbonyl (C=O) groups excluding carboxylic acids is 1. The van der Waals surface area contributed by atoms with E-state index in [1.165, 1.54) is 7.11 Å². The van der Waals surface area contributed by atoms with Crippen molar-refractivity contribution < 1.29 is 13.9 Å². The van der Waals surface area contributed by atoms with E-state index in [1.807, 2.05) is 6.08 Å². The number of hydrogen-bond donors (Lipinski definition) is 0. The highest BCUT2D eigenvalue weighted by atomic mass is 16.5. The van der Waals surface area contributed by atoms with Crippen LogP contribution in [0, 0.1) is 0 Å². The molecule has 0 fully saturated rings. The van der Waals surface area contributed by atoms with Gasteiger partial charge in [-0.25, -0.2) is 9.78 Å². The number of benzene rings is 1. The smallest absolute Gasteiger partial charge is 0.337 e. The summed E-state index contributed by atoms with van der Waals surface area (Å²) in [7, 11) is 1.35. The van der Waals surface area contributed by atoms with Gasteiger partial charge in [0.05, 0.1) is 12.7 Å². The number of aromatic nitrogens is 1. The summed E-state index contributed by atoms with van der Waals surface area (Å²) >= 11 is 0. The summed E-state index contributed by atoms with van der Waals surface area (Å²) in [6.07, 6.45) is 3.34. The lowest BCUT2D eigenvalue weighted by Gasteiger charge is -1.96. The van der Waals surface area contributed by atoms with Crippen LogP contribution in [0.25, 0.3) is 11.1 Å². The number of nitrogens with zero attached hydrogens (tertiary/aromatic N) is 1. The fraction of sp³-hybridized carbons (Fsp3) is 0.231. The molecule has 1 aromatic carbocycles. The molecule has 0 saturated carbocycles. The number of fused-ring (bicyclic) bond motifs is 1. The number of ether oxygens (including phenoxy) is 1. The average molecular weight is 231 g/mol. The van der Waals surface area contributed by atoms with Gasteiger partial charge in [-0.15, -0.1) is 6.58 Å². The third kappa shape index (κ3) is 2.36. The molecule has 2 rings (SSSR count). The van der Waals surface area contributed by atoms with Crippen molar-refractivity contribution in [3.8, 4) is 0 Å². The fourth-order valence-electron chi connectivity index (χ4n) is 1.55. The molecular formula is C13H13NO3. The minimum Gasteiger partial charge on any atom is -0.465 e. The Balaban J connectivity index is 2.34. The fourth-order valence-corrected chi connectivity index (χ4v) is 1.55. The standard InChI is InChI=1S/C13H13NO3/c1-3-4-5-12-14-10-8-9(13(15)16-2)6-7-11(10)17-12/h3,6-8H,1,4-5H2,2H3. The molecule has 0 N–H and O–H groups in total. The van der Waals surface area contributed by atoms with Crippen LogP contribution in [0.4, 0.5) is 0 Å². The summed E-state index contributed by atoms with van der Waals surface area (Å²) in [6, 6.07) is 5.06. The van der Waals surface area contributed by atoms with Gasteiger partial charge in [-0.2, -0.15) is 0 Å². The van der Waals surface area contributed by atoms with Crippen LogP contribution in [-0.2, 0) is 11.2 Å². The van der Waals surface area contributed by atoms with Gasteiger partial charge in [0.2, 0.25) is 0 Å². The molecule has 0 aliphatic rings. The van der Waals surface area contributed by atoms with E-state index in [0.29, 0.717) is 29.0 Å². The van der Waals surface area contributed by atoms with Crippen molar-refractivity contribution in [1.82, 2.24) is 4.98 Å². The topological polar surface area (TPSA) is 52.3 Å². The van der Waals surface area contributed by atoms with Gasteiger partial charge in [0.25, 0.3) is 0 Å². The Bertz CT molecular complexity index is 557. The first-order valence-electron chi connectivity index (χ1n) is 5.33. The molecule has 4 heteroatoms. The maximum atomic E-state index is 11.3. The Morgan fingerprint density at radius 2 is 2.41 bits per heavy atom. The lowest BCUT2D eigenvalue weighted by Crippen LogP contribution is -2.00. The van der Waals surface area contributed by atoms with Gasteiger partial charge >= 0.3 is 5.97 Å². The molecule has 4 nitrogen and oxygen atoms in total. The van der Waals surface area contributed by atoms with Crippen molar-refractivity contribution >= 4 is 17.1 Å². The van der Waals surface area contributed by atoms with Crippen molar-refractivity contribution in [3.05, 3.63) is 42.3 Å². The molecule has 1 heterocycles. The summed E-state index contributed by atoms with van der Waals surface area (Å²) in [6.45, 7) is 3.65. The van der Waals surface area contributed by atoms with E-state index in [9.17, 15) is 4.79 Å². The molecule has 0 aliphatic carbocycles. The Kier molecular flexibility index (Phi) is 3.23. The summed E-state index contributed by atoms with van der Waals surface area (Å²) in [5.74, 6) is 0.282. The van der Waals surface area contributed by atoms with E-state index in [4.69, 9.17) is 4.42 Å². The number of carbonyl (C=O) groups is 1. The second-order valence-corrected chi connectivity index (χ2v) is 3.61. The third-order valence-corrected chi connectivity index (χ3v) is 2.42. The molecule has 0 amide bonds. The van der Waals surface area contributed by atoms with E-state index in [0.717, 1.165) is 6.42 Å². The minimum atomic E-state index is -0.373. The Labute approximate surface area is 98.9 Å². The van der Waals surface area contributed by atoms with Crippen LogP contribution in [0.5, 0.6) is 0 Å². The number of rotatable bonds is 4. The lowest BCUT2D eigenvalue weighted by molar-refractivity contribution is 0.0601. The van der Waals surface area contributed by atoms with Crippen LogP contribution in [0.1, 0.15) is 22.7 Å². The molecular weight excluding hydrogens is 218 g/mol. The monoisotopic (exact) mass is 231 g/mol. The highest BCUT2D eigenvalue weighted by molar-refractivity contribution is 5.93. The Morgan fingerprint density at radius 1 is 1.59 bits per heavy atom. The second kappa shape index (κ2) is 4.82. The SMILES string of the molecule is C=CCCc1nc2cc(C(=O)OC)ccc2o1. The van der Waals surface area contributed by atoms with Crippen molar-refractivity contribution in [2.75, 3.05) is 7.11 Å². The number of aryl methyl sites for hydroxylation is 1. The number of hydrogen-bond acceptors (Lipinski definition) is 4. The molecule has 0 aliphatic heterocycles. The summed E-state index contributed by atoms with van der Waals surface area (Å²) in [5.41, 5.74) is 1.83. The van der Waals surface area contributed by atoms with Crippen molar-refractivity contribution in [1.29, 1.82) is 0 Å². The zero-order valence-corrected chi connectivity index (χ0v) is 9.60. The average Bonchev–Trinajstić information content (AvgIpc) is 2.76. The van der Waals surface area contributed by atoms with Gasteiger partial charge < -0.3 is 9.15 Å². The first-order chi connectivity index (χ1) is 8.24. The number of esters is 1. The van der Waals surface area contributed by atoms with Gasteiger partial charge in [-0.05, 0) is 24.6 Å². The first kappa shape index (κ1) is 11.4. The first-order valence-corrected chi connectivity index (χ1v) is 5.33. The van der Waals surface area contributed by atoms with Crippen LogP contribution in [0.15, 0.2) is 35.3 Å². The van der Waals surface area contributed by atoms with E-state index in [-0.39, 0.29) is 5.97 Å². The van der Waals surface area contributed by atoms with Crippen LogP contribution < -0.4 is 0 Å². The summed E-state index contributed by atoms with van der Waals surface area (Å²) in [4.78, 5) is 15.6. The Morgan fingerprint density at radius 3 is 3.12 bits per heavy atom. The van der Waals surface area contributed by atoms with E-state index >= 15 is 0 Å². The molecule has 0 unspecified atom stereocenters. The quantitative estimate of drug-likeness (QED) is 0.599. The van der Waals surface area contributed by atoms with Gasteiger partial charge in [-0.1, -0.05) is 6.08 Å². The van der Waals surface area contributed by atoms with Crippen LogP contribution in [-0.4, -0.2) is 18.1 Å². The van der Waals surface area contributed by atoms with Crippen molar-refractivity contribution in [2.45, 2.75) is 12.8 Å². The number of allylic oxidation sites excluding steroid dienone is 1. The molecule has 88 valence electrons. The van der Waals surface area contributed by atoms with E-state index in [2.05, 4.69) is 16.3 Å². The van der Waals surface area contributed by atoms with Crippen LogP contribution in [0.2, 0.25) is 0 Å². The lowest BCUT2D eigenvalue weighted by atomic mass is 10.2. The predicted molar refractivity (Wildman–Crippen MR) is 63.9 cm³/mol. The van der Waals surface area contributed by atoms with Crippen LogP contribution in [0.3, 0.4) is 0 Å². The number of oxazole rings is 1. The molecule has 0 atom stereocenters. The van der Waals surface area contributed by atoms with Gasteiger partial charge in [0.1, 0.15) is 5.52 Å². The van der Waals surface area contributed by atoms with E-state index in [1.54, 1.807) is 18.2 Å². The van der Waals surface area contributed by atoms with Gasteiger partial charge in [0, 0.05) is 6.42 Å². The van der Waals surface area contributed by atoms with E-state index < -0.39 is 0 Å². The molecule has 0 radical (unpaired) electrons. The molecule has 0 bridgehead atoms. The normalized spacial score (nSPS) is 10.4. The zero-order chi connectivity index (χ0) is 12.3. The predicted octanol–water partition coefficient (Wildman–Crippen LogP) is 2.73. The molecule has 17 heavy (non-hydrogen) atoms. The molecule has 0 saturated heterocycles. The maximum Gasteiger partial charge on any atom is 0.337 e. The second-order valence-electron chi connectivity index (χ2n) is 3.61. The maximum absolute atomic E-state index is 11.3. The minimum absolute atomic E-state index is 0.373. The van der Waals surface area contributed by atoms with Gasteiger partial charge in [-0.3, -0.25) is 0 Å². The van der Waals surface area contributed by atoms with Crippen molar-refractivity contribution in [3.63, 3.8) is 0 Å². The zero-order valence-electron chi connectivity index (χ0n) is 9.60. The Hall–Kier alpha value is -2.10. The van der Waals surface area contributed by atoms with Gasteiger partial charge in [0.15, 0.2) is 11.5 Å². The van der Waals surface area contributed by atoms with Crippen LogP contribution >= 0.6 is 0 Å². The van der Waals surface area contributed by atoms with Crippen molar-refractivity contribution in [2.24, 2.45) is 0 Å².